The second kappa shape index (κ2) is 8.69. The highest BCUT2D eigenvalue weighted by Gasteiger charge is 2.26. The lowest BCUT2D eigenvalue weighted by atomic mass is 9.96. The Hall–Kier alpha value is -3.28. The average Bonchev–Trinajstić information content (AvgIpc) is 2.67. The van der Waals surface area contributed by atoms with Crippen LogP contribution in [0.1, 0.15) is 54.0 Å². The van der Waals surface area contributed by atoms with Gasteiger partial charge in [-0.3, -0.25) is 0 Å². The van der Waals surface area contributed by atoms with Crippen molar-refractivity contribution in [2.24, 2.45) is 0 Å². The topological polar surface area (TPSA) is 71.1 Å². The minimum atomic E-state index is -0.799. The van der Waals surface area contributed by atoms with E-state index in [4.69, 9.17) is 18.9 Å². The van der Waals surface area contributed by atoms with Gasteiger partial charge < -0.3 is 18.9 Å². The molecule has 32 heavy (non-hydrogen) atoms. The normalized spacial score (nSPS) is 12.0. The van der Waals surface area contributed by atoms with Crippen molar-refractivity contribution in [2.45, 2.75) is 66.1 Å². The number of fused-ring (bicyclic) bond motifs is 2. The zero-order valence-corrected chi connectivity index (χ0v) is 19.7. The molecule has 0 aromatic heterocycles. The van der Waals surface area contributed by atoms with E-state index in [2.05, 4.69) is 0 Å². The summed E-state index contributed by atoms with van der Waals surface area (Å²) in [7, 11) is 0. The molecule has 3 aromatic carbocycles. The van der Waals surface area contributed by atoms with Crippen LogP contribution in [-0.4, -0.2) is 23.5 Å². The molecule has 0 spiro atoms. The molecule has 0 aliphatic carbocycles. The summed E-state index contributed by atoms with van der Waals surface area (Å²) in [5.41, 5.74) is -0.451. The van der Waals surface area contributed by atoms with Crippen LogP contribution in [0.25, 0.3) is 21.5 Å². The fraction of sp³-hybridized carbons (Fsp3) is 0.385. The molecule has 0 unspecified atom stereocenters. The standard InChI is InChI=1S/C26H30O6/c1-8-16-12-11-15-19-20(16)22(30-24(28)32-26(5,6)7)18-14-10-9-13-17(18)21(19)29-23(27)31-25(2,3)4/h9-15H,8H2,1-7H3. The van der Waals surface area contributed by atoms with Crippen LogP contribution in [0.15, 0.2) is 42.5 Å². The molecule has 0 bridgehead atoms. The highest BCUT2D eigenvalue weighted by molar-refractivity contribution is 6.13. The van der Waals surface area contributed by atoms with Gasteiger partial charge in [0.05, 0.1) is 0 Å². The zero-order chi connectivity index (χ0) is 23.7. The Labute approximate surface area is 188 Å². The number of carbonyl (C=O) groups is 2. The Morgan fingerprint density at radius 1 is 0.688 bits per heavy atom. The van der Waals surface area contributed by atoms with Crippen LogP contribution in [0.5, 0.6) is 11.5 Å². The van der Waals surface area contributed by atoms with Crippen molar-refractivity contribution in [3.8, 4) is 11.5 Å². The van der Waals surface area contributed by atoms with Crippen LogP contribution in [0.2, 0.25) is 0 Å². The van der Waals surface area contributed by atoms with E-state index in [-0.39, 0.29) is 0 Å². The van der Waals surface area contributed by atoms with Gasteiger partial charge in [0.15, 0.2) is 5.75 Å². The van der Waals surface area contributed by atoms with Crippen LogP contribution >= 0.6 is 0 Å². The smallest absolute Gasteiger partial charge is 0.428 e. The summed E-state index contributed by atoms with van der Waals surface area (Å²) in [6, 6.07) is 13.0. The Kier molecular flexibility index (Phi) is 6.35. The van der Waals surface area contributed by atoms with Crippen molar-refractivity contribution in [3.63, 3.8) is 0 Å². The molecule has 3 rings (SSSR count). The van der Waals surface area contributed by atoms with Crippen LogP contribution in [-0.2, 0) is 15.9 Å². The lowest BCUT2D eigenvalue weighted by Gasteiger charge is -2.22. The molecule has 0 heterocycles. The van der Waals surface area contributed by atoms with Gasteiger partial charge >= 0.3 is 12.3 Å². The van der Waals surface area contributed by atoms with E-state index in [1.807, 2.05) is 49.4 Å². The van der Waals surface area contributed by atoms with E-state index in [1.165, 1.54) is 0 Å². The second-order valence-corrected chi connectivity index (χ2v) is 9.53. The predicted molar refractivity (Wildman–Crippen MR) is 125 cm³/mol. The quantitative estimate of drug-likeness (QED) is 0.245. The van der Waals surface area contributed by atoms with Crippen LogP contribution in [0.3, 0.4) is 0 Å². The van der Waals surface area contributed by atoms with Crippen molar-refractivity contribution in [2.75, 3.05) is 0 Å². The number of rotatable bonds is 3. The Balaban J connectivity index is 2.26. The first kappa shape index (κ1) is 23.4. The fourth-order valence-corrected chi connectivity index (χ4v) is 3.44. The van der Waals surface area contributed by atoms with Gasteiger partial charge in [0, 0.05) is 21.5 Å². The minimum absolute atomic E-state index is 0.358. The van der Waals surface area contributed by atoms with Gasteiger partial charge in [-0.15, -0.1) is 0 Å². The highest BCUT2D eigenvalue weighted by Crippen LogP contribution is 2.44. The molecule has 0 radical (unpaired) electrons. The molecule has 0 amide bonds. The minimum Gasteiger partial charge on any atom is -0.428 e. The Morgan fingerprint density at radius 3 is 1.66 bits per heavy atom. The molecular weight excluding hydrogens is 408 g/mol. The lowest BCUT2D eigenvalue weighted by molar-refractivity contribution is 0.0194. The molecule has 0 saturated carbocycles. The lowest BCUT2D eigenvalue weighted by Crippen LogP contribution is -2.26. The van der Waals surface area contributed by atoms with Crippen molar-refractivity contribution < 1.29 is 28.5 Å². The van der Waals surface area contributed by atoms with E-state index < -0.39 is 23.5 Å². The maximum Gasteiger partial charge on any atom is 0.514 e. The third-order valence-electron chi connectivity index (χ3n) is 4.57. The molecule has 0 N–H and O–H groups in total. The van der Waals surface area contributed by atoms with Crippen LogP contribution < -0.4 is 9.47 Å². The maximum absolute atomic E-state index is 12.6. The van der Waals surface area contributed by atoms with Crippen molar-refractivity contribution in [1.82, 2.24) is 0 Å². The maximum atomic E-state index is 12.6. The number of carbonyl (C=O) groups excluding carboxylic acids is 2. The van der Waals surface area contributed by atoms with Crippen LogP contribution in [0.4, 0.5) is 9.59 Å². The number of hydrogen-bond donors (Lipinski definition) is 0. The Morgan fingerprint density at radius 2 is 1.16 bits per heavy atom. The molecule has 0 fully saturated rings. The molecule has 170 valence electrons. The van der Waals surface area contributed by atoms with E-state index in [9.17, 15) is 9.59 Å². The van der Waals surface area contributed by atoms with Gasteiger partial charge in [0.1, 0.15) is 17.0 Å². The van der Waals surface area contributed by atoms with E-state index in [0.717, 1.165) is 5.56 Å². The SMILES string of the molecule is CCc1cccc2c(OC(=O)OC(C)(C)C)c3ccccc3c(OC(=O)OC(C)(C)C)c12. The summed E-state index contributed by atoms with van der Waals surface area (Å²) < 4.78 is 22.3. The van der Waals surface area contributed by atoms with Crippen LogP contribution in [0, 0.1) is 0 Å². The van der Waals surface area contributed by atoms with Gasteiger partial charge in [-0.2, -0.15) is 0 Å². The van der Waals surface area contributed by atoms with Crippen molar-refractivity contribution in [3.05, 3.63) is 48.0 Å². The van der Waals surface area contributed by atoms with Gasteiger partial charge in [-0.25, -0.2) is 9.59 Å². The number of hydrogen-bond acceptors (Lipinski definition) is 6. The number of benzene rings is 3. The van der Waals surface area contributed by atoms with Gasteiger partial charge in [-0.05, 0) is 53.5 Å². The molecular formula is C26H30O6. The first-order chi connectivity index (χ1) is 14.9. The summed E-state index contributed by atoms with van der Waals surface area (Å²) in [5, 5.41) is 2.59. The van der Waals surface area contributed by atoms with Gasteiger partial charge in [0.25, 0.3) is 0 Å². The third kappa shape index (κ3) is 5.31. The molecule has 6 heteroatoms. The summed E-state index contributed by atoms with van der Waals surface area (Å²) in [6.45, 7) is 12.7. The first-order valence-corrected chi connectivity index (χ1v) is 10.7. The summed E-state index contributed by atoms with van der Waals surface area (Å²) in [5.74, 6) is 0.732. The molecule has 0 aliphatic rings. The summed E-state index contributed by atoms with van der Waals surface area (Å²) >= 11 is 0. The first-order valence-electron chi connectivity index (χ1n) is 10.7. The summed E-state index contributed by atoms with van der Waals surface area (Å²) in [6.07, 6.45) is -0.908. The third-order valence-corrected chi connectivity index (χ3v) is 4.57. The zero-order valence-electron chi connectivity index (χ0n) is 19.7. The Bertz CT molecular complexity index is 1160. The van der Waals surface area contributed by atoms with Crippen molar-refractivity contribution in [1.29, 1.82) is 0 Å². The van der Waals surface area contributed by atoms with E-state index in [1.54, 1.807) is 41.5 Å². The molecule has 0 atom stereocenters. The monoisotopic (exact) mass is 438 g/mol. The fourth-order valence-electron chi connectivity index (χ4n) is 3.44. The second-order valence-electron chi connectivity index (χ2n) is 9.53. The molecule has 0 saturated heterocycles. The van der Waals surface area contributed by atoms with E-state index >= 15 is 0 Å². The number of ether oxygens (including phenoxy) is 4. The highest BCUT2D eigenvalue weighted by atomic mass is 16.7. The molecule has 0 aliphatic heterocycles. The van der Waals surface area contributed by atoms with E-state index in [0.29, 0.717) is 39.5 Å². The number of aryl methyl sites for hydroxylation is 1. The van der Waals surface area contributed by atoms with Crippen molar-refractivity contribution >= 4 is 33.9 Å². The average molecular weight is 439 g/mol. The largest absolute Gasteiger partial charge is 0.514 e. The van der Waals surface area contributed by atoms with Gasteiger partial charge in [0.2, 0.25) is 0 Å². The molecule has 3 aromatic rings. The molecule has 6 nitrogen and oxygen atoms in total. The van der Waals surface area contributed by atoms with Gasteiger partial charge in [-0.1, -0.05) is 49.4 Å². The summed E-state index contributed by atoms with van der Waals surface area (Å²) in [4.78, 5) is 25.1. The predicted octanol–water partition coefficient (Wildman–Crippen LogP) is 7.18.